The van der Waals surface area contributed by atoms with Crippen molar-refractivity contribution < 1.29 is 13.2 Å². The van der Waals surface area contributed by atoms with Gasteiger partial charge in [0.05, 0.1) is 10.1 Å². The number of hydrogen-bond donors (Lipinski definition) is 0. The van der Waals surface area contributed by atoms with Crippen LogP contribution in [0, 0.1) is 19.8 Å². The van der Waals surface area contributed by atoms with Crippen molar-refractivity contribution in [2.75, 3.05) is 6.26 Å². The first kappa shape index (κ1) is 14.7. The summed E-state index contributed by atoms with van der Waals surface area (Å²) in [5, 5.41) is -0.336. The molecular weight excluding hydrogens is 280 g/mol. The molecule has 0 saturated heterocycles. The van der Waals surface area contributed by atoms with E-state index in [1.165, 1.54) is 22.5 Å². The molecule has 1 heterocycles. The third-order valence-corrected chi connectivity index (χ3v) is 6.82. The second-order valence-electron chi connectivity index (χ2n) is 5.53. The van der Waals surface area contributed by atoms with E-state index in [9.17, 15) is 13.2 Å². The highest BCUT2D eigenvalue weighted by Crippen LogP contribution is 2.33. The summed E-state index contributed by atoms with van der Waals surface area (Å²) in [4.78, 5) is 14.4. The van der Waals surface area contributed by atoms with E-state index in [-0.39, 0.29) is 17.0 Å². The average molecular weight is 300 g/mol. The third-order valence-electron chi connectivity index (χ3n) is 4.01. The van der Waals surface area contributed by atoms with Gasteiger partial charge in [0.2, 0.25) is 0 Å². The maximum atomic E-state index is 12.5. The number of thiophene rings is 1. The van der Waals surface area contributed by atoms with Gasteiger partial charge in [-0.25, -0.2) is 8.42 Å². The number of hydrogen-bond acceptors (Lipinski definition) is 4. The Labute approximate surface area is 119 Å². The Morgan fingerprint density at radius 2 is 2.00 bits per heavy atom. The van der Waals surface area contributed by atoms with Gasteiger partial charge in [-0.05, 0) is 44.7 Å². The fourth-order valence-corrected chi connectivity index (χ4v) is 4.90. The molecule has 2 rings (SSSR count). The Balaban J connectivity index is 2.15. The smallest absolute Gasteiger partial charge is 0.175 e. The van der Waals surface area contributed by atoms with Crippen LogP contribution in [0.3, 0.4) is 0 Å². The van der Waals surface area contributed by atoms with Gasteiger partial charge in [0, 0.05) is 17.1 Å². The number of carbonyl (C=O) groups is 1. The zero-order chi connectivity index (χ0) is 14.2. The van der Waals surface area contributed by atoms with Gasteiger partial charge in [-0.1, -0.05) is 6.42 Å². The van der Waals surface area contributed by atoms with Crippen molar-refractivity contribution in [3.05, 3.63) is 21.4 Å². The summed E-state index contributed by atoms with van der Waals surface area (Å²) < 4.78 is 23.3. The number of rotatable bonds is 3. The van der Waals surface area contributed by atoms with Crippen molar-refractivity contribution in [1.82, 2.24) is 0 Å². The van der Waals surface area contributed by atoms with Gasteiger partial charge in [-0.3, -0.25) is 4.79 Å². The van der Waals surface area contributed by atoms with Crippen molar-refractivity contribution in [2.24, 2.45) is 5.92 Å². The van der Waals surface area contributed by atoms with Crippen molar-refractivity contribution in [1.29, 1.82) is 0 Å². The topological polar surface area (TPSA) is 51.2 Å². The minimum Gasteiger partial charge on any atom is -0.293 e. The zero-order valence-corrected chi connectivity index (χ0v) is 13.2. The van der Waals surface area contributed by atoms with E-state index in [2.05, 4.69) is 0 Å². The first-order valence-corrected chi connectivity index (χ1v) is 9.36. The molecule has 2 atom stereocenters. The molecule has 0 spiro atoms. The lowest BCUT2D eigenvalue weighted by molar-refractivity contribution is 0.0895. The molecule has 0 radical (unpaired) electrons. The van der Waals surface area contributed by atoms with Crippen LogP contribution < -0.4 is 0 Å². The van der Waals surface area contributed by atoms with Crippen LogP contribution in [0.4, 0.5) is 0 Å². The molecule has 1 aromatic heterocycles. The minimum atomic E-state index is -3.03. The number of ketones is 1. The molecular formula is C14H20O3S2. The van der Waals surface area contributed by atoms with Crippen LogP contribution in [-0.2, 0) is 9.84 Å². The van der Waals surface area contributed by atoms with Gasteiger partial charge in [0.15, 0.2) is 5.78 Å². The van der Waals surface area contributed by atoms with Gasteiger partial charge in [0.25, 0.3) is 0 Å². The number of Topliss-reactive ketones (excluding diaryl/α,β-unsaturated/α-hetero) is 1. The van der Waals surface area contributed by atoms with Crippen LogP contribution in [-0.4, -0.2) is 25.7 Å². The lowest BCUT2D eigenvalue weighted by Gasteiger charge is -2.26. The Morgan fingerprint density at radius 3 is 2.53 bits per heavy atom. The van der Waals surface area contributed by atoms with E-state index in [0.717, 1.165) is 23.3 Å². The standard InChI is InChI=1S/C14H20O3S2/c1-9-7-13(18-10(9)2)14(15)11-5-4-6-12(8-11)19(3,16)17/h7,11-12H,4-6,8H2,1-3H3. The Bertz CT molecular complexity index is 564. The second kappa shape index (κ2) is 5.37. The maximum Gasteiger partial charge on any atom is 0.175 e. The van der Waals surface area contributed by atoms with Crippen molar-refractivity contribution in [3.63, 3.8) is 0 Å². The summed E-state index contributed by atoms with van der Waals surface area (Å²) >= 11 is 1.53. The highest BCUT2D eigenvalue weighted by Gasteiger charge is 2.33. The Hall–Kier alpha value is -0.680. The lowest BCUT2D eigenvalue weighted by atomic mass is 9.85. The van der Waals surface area contributed by atoms with E-state index < -0.39 is 9.84 Å². The minimum absolute atomic E-state index is 0.120. The number of carbonyl (C=O) groups excluding carboxylic acids is 1. The van der Waals surface area contributed by atoms with Crippen molar-refractivity contribution in [2.45, 2.75) is 44.8 Å². The highest BCUT2D eigenvalue weighted by molar-refractivity contribution is 7.91. The Kier molecular flexibility index (Phi) is 4.16. The van der Waals surface area contributed by atoms with Crippen molar-refractivity contribution in [3.8, 4) is 0 Å². The maximum absolute atomic E-state index is 12.5. The van der Waals surface area contributed by atoms with Gasteiger partial charge in [0.1, 0.15) is 9.84 Å². The van der Waals surface area contributed by atoms with E-state index in [4.69, 9.17) is 0 Å². The van der Waals surface area contributed by atoms with Gasteiger partial charge >= 0.3 is 0 Å². The fraction of sp³-hybridized carbons (Fsp3) is 0.643. The van der Waals surface area contributed by atoms with Crippen molar-refractivity contribution >= 4 is 27.0 Å². The molecule has 1 aliphatic rings. The molecule has 106 valence electrons. The fourth-order valence-electron chi connectivity index (χ4n) is 2.67. The van der Waals surface area contributed by atoms with Gasteiger partial charge < -0.3 is 0 Å². The molecule has 1 aromatic rings. The predicted octanol–water partition coefficient (Wildman–Crippen LogP) is 3.15. The summed E-state index contributed by atoms with van der Waals surface area (Å²) in [5.41, 5.74) is 1.14. The molecule has 19 heavy (non-hydrogen) atoms. The molecule has 0 amide bonds. The Morgan fingerprint density at radius 1 is 1.32 bits per heavy atom. The molecule has 1 aliphatic carbocycles. The molecule has 5 heteroatoms. The number of aryl methyl sites for hydroxylation is 2. The molecule has 0 aliphatic heterocycles. The molecule has 0 N–H and O–H groups in total. The second-order valence-corrected chi connectivity index (χ2v) is 9.11. The first-order valence-electron chi connectivity index (χ1n) is 6.59. The third kappa shape index (κ3) is 3.26. The van der Waals surface area contributed by atoms with E-state index >= 15 is 0 Å². The van der Waals surface area contributed by atoms with Crippen LogP contribution in [0.1, 0.15) is 45.8 Å². The molecule has 2 unspecified atom stereocenters. The quantitative estimate of drug-likeness (QED) is 0.806. The molecule has 0 bridgehead atoms. The van der Waals surface area contributed by atoms with Gasteiger partial charge in [-0.2, -0.15) is 0 Å². The summed E-state index contributed by atoms with van der Waals surface area (Å²) in [7, 11) is -3.03. The van der Waals surface area contributed by atoms with E-state index in [1.807, 2.05) is 19.9 Å². The summed E-state index contributed by atoms with van der Waals surface area (Å²) in [6.07, 6.45) is 4.13. The van der Waals surface area contributed by atoms with Crippen LogP contribution in [0.25, 0.3) is 0 Å². The molecule has 1 fully saturated rings. The van der Waals surface area contributed by atoms with Crippen LogP contribution in [0.15, 0.2) is 6.07 Å². The summed E-state index contributed by atoms with van der Waals surface area (Å²) in [6, 6.07) is 1.94. The monoisotopic (exact) mass is 300 g/mol. The largest absolute Gasteiger partial charge is 0.293 e. The SMILES string of the molecule is Cc1cc(C(=O)C2CCCC(S(C)(=O)=O)C2)sc1C. The average Bonchev–Trinajstić information content (AvgIpc) is 2.68. The zero-order valence-electron chi connectivity index (χ0n) is 11.6. The number of sulfone groups is 1. The molecule has 3 nitrogen and oxygen atoms in total. The highest BCUT2D eigenvalue weighted by atomic mass is 32.2. The van der Waals surface area contributed by atoms with Crippen LogP contribution >= 0.6 is 11.3 Å². The van der Waals surface area contributed by atoms with Crippen LogP contribution in [0.2, 0.25) is 0 Å². The van der Waals surface area contributed by atoms with Gasteiger partial charge in [-0.15, -0.1) is 11.3 Å². The molecule has 1 saturated carbocycles. The molecule has 0 aromatic carbocycles. The summed E-state index contributed by atoms with van der Waals surface area (Å²) in [6.45, 7) is 4.01. The predicted molar refractivity (Wildman–Crippen MR) is 78.7 cm³/mol. The normalized spacial score (nSPS) is 24.4. The van der Waals surface area contributed by atoms with E-state index in [1.54, 1.807) is 0 Å². The lowest BCUT2D eigenvalue weighted by Crippen LogP contribution is -2.30. The van der Waals surface area contributed by atoms with E-state index in [0.29, 0.717) is 12.8 Å². The summed E-state index contributed by atoms with van der Waals surface area (Å²) in [5.74, 6) is 0.0143. The first-order chi connectivity index (χ1) is 8.79. The van der Waals surface area contributed by atoms with Crippen LogP contribution in [0.5, 0.6) is 0 Å².